The van der Waals surface area contributed by atoms with Crippen LogP contribution in [0.25, 0.3) is 0 Å². The molecule has 3 heterocycles. The summed E-state index contributed by atoms with van der Waals surface area (Å²) >= 11 is 0. The smallest absolute Gasteiger partial charge is 0.213 e. The summed E-state index contributed by atoms with van der Waals surface area (Å²) < 4.78 is 35.4. The van der Waals surface area contributed by atoms with Gasteiger partial charge in [-0.25, -0.2) is 13.8 Å². The first-order valence-electron chi connectivity index (χ1n) is 9.06. The Labute approximate surface area is 156 Å². The van der Waals surface area contributed by atoms with E-state index in [1.807, 2.05) is 11.5 Å². The van der Waals surface area contributed by atoms with Crippen LogP contribution in [-0.4, -0.2) is 33.1 Å². The molecule has 27 heavy (non-hydrogen) atoms. The number of halogens is 2. The molecule has 0 amide bonds. The minimum atomic E-state index is -0.658. The standard InChI is InChI=1S/C19H21F2N5O/c1-2-26-17-9-25(8-16(17)24-18(26)7-22)12-6-15(23)19(27-10-12)13-5-11(20)3-4-14(13)21/h3-5,12,15,19H,2,6,8-10,23H2,1H3/t12-,15+,19-/m1/s1. The van der Waals surface area contributed by atoms with Gasteiger partial charge in [0, 0.05) is 37.3 Å². The zero-order valence-electron chi connectivity index (χ0n) is 15.0. The molecule has 142 valence electrons. The van der Waals surface area contributed by atoms with Crippen molar-refractivity contribution >= 4 is 0 Å². The quantitative estimate of drug-likeness (QED) is 0.892. The van der Waals surface area contributed by atoms with Gasteiger partial charge in [-0.05, 0) is 31.5 Å². The fourth-order valence-electron chi connectivity index (χ4n) is 4.12. The lowest BCUT2D eigenvalue weighted by Crippen LogP contribution is -2.47. The van der Waals surface area contributed by atoms with Crippen molar-refractivity contribution in [2.24, 2.45) is 5.73 Å². The van der Waals surface area contributed by atoms with Gasteiger partial charge in [0.25, 0.3) is 0 Å². The third-order valence-electron chi connectivity index (χ3n) is 5.46. The van der Waals surface area contributed by atoms with Crippen LogP contribution in [0.3, 0.4) is 0 Å². The molecular weight excluding hydrogens is 352 g/mol. The molecule has 0 bridgehead atoms. The van der Waals surface area contributed by atoms with Gasteiger partial charge in [0.05, 0.1) is 18.0 Å². The zero-order valence-corrected chi connectivity index (χ0v) is 15.0. The lowest BCUT2D eigenvalue weighted by atomic mass is 9.93. The Kier molecular flexibility index (Phi) is 4.68. The highest BCUT2D eigenvalue weighted by molar-refractivity contribution is 5.28. The summed E-state index contributed by atoms with van der Waals surface area (Å²) in [6.45, 7) is 4.38. The average Bonchev–Trinajstić information content (AvgIpc) is 3.21. The summed E-state index contributed by atoms with van der Waals surface area (Å²) in [5.41, 5.74) is 8.41. The second-order valence-corrected chi connectivity index (χ2v) is 7.06. The maximum atomic E-state index is 14.1. The molecule has 1 aromatic carbocycles. The van der Waals surface area contributed by atoms with Crippen LogP contribution in [0.15, 0.2) is 18.2 Å². The predicted octanol–water partition coefficient (Wildman–Crippen LogP) is 2.23. The largest absolute Gasteiger partial charge is 0.370 e. The van der Waals surface area contributed by atoms with Gasteiger partial charge >= 0.3 is 0 Å². The van der Waals surface area contributed by atoms with Crippen molar-refractivity contribution < 1.29 is 13.5 Å². The lowest BCUT2D eigenvalue weighted by molar-refractivity contribution is -0.0535. The van der Waals surface area contributed by atoms with E-state index in [1.54, 1.807) is 0 Å². The highest BCUT2D eigenvalue weighted by Crippen LogP contribution is 2.34. The van der Waals surface area contributed by atoms with Crippen molar-refractivity contribution in [2.45, 2.75) is 51.2 Å². The molecular formula is C19H21F2N5O. The van der Waals surface area contributed by atoms with Gasteiger partial charge in [0.2, 0.25) is 5.82 Å². The van der Waals surface area contributed by atoms with Crippen molar-refractivity contribution in [3.8, 4) is 6.07 Å². The summed E-state index contributed by atoms with van der Waals surface area (Å²) in [5, 5.41) is 9.19. The average molecular weight is 373 g/mol. The topological polar surface area (TPSA) is 80.1 Å². The molecule has 0 radical (unpaired) electrons. The van der Waals surface area contributed by atoms with Gasteiger partial charge in [0.1, 0.15) is 23.8 Å². The van der Waals surface area contributed by atoms with Gasteiger partial charge in [-0.3, -0.25) is 4.90 Å². The molecule has 1 saturated heterocycles. The second kappa shape index (κ2) is 7.00. The Morgan fingerprint density at radius 2 is 2.19 bits per heavy atom. The van der Waals surface area contributed by atoms with E-state index >= 15 is 0 Å². The van der Waals surface area contributed by atoms with Gasteiger partial charge in [-0.15, -0.1) is 0 Å². The molecule has 2 aliphatic heterocycles. The van der Waals surface area contributed by atoms with Crippen LogP contribution in [-0.2, 0) is 24.4 Å². The molecule has 8 heteroatoms. The van der Waals surface area contributed by atoms with Gasteiger partial charge in [-0.2, -0.15) is 5.26 Å². The van der Waals surface area contributed by atoms with E-state index in [0.717, 1.165) is 29.6 Å². The maximum Gasteiger partial charge on any atom is 0.213 e. The fraction of sp³-hybridized carbons (Fsp3) is 0.474. The molecule has 2 aromatic rings. The van der Waals surface area contributed by atoms with Crippen LogP contribution in [0.5, 0.6) is 0 Å². The molecule has 1 fully saturated rings. The summed E-state index contributed by atoms with van der Waals surface area (Å²) in [7, 11) is 0. The molecule has 3 atom stereocenters. The van der Waals surface area contributed by atoms with Gasteiger partial charge in [0.15, 0.2) is 0 Å². The van der Waals surface area contributed by atoms with Crippen LogP contribution < -0.4 is 5.73 Å². The van der Waals surface area contributed by atoms with Crippen molar-refractivity contribution in [3.05, 3.63) is 52.6 Å². The minimum absolute atomic E-state index is 0.0675. The lowest BCUT2D eigenvalue weighted by Gasteiger charge is -2.38. The SMILES string of the molecule is CCn1c(C#N)nc2c1CN([C@H]1CO[C@H](c3cc(F)ccc3F)[C@@H](N)C1)C2. The zero-order chi connectivity index (χ0) is 19.1. The highest BCUT2D eigenvalue weighted by Gasteiger charge is 2.37. The molecule has 1 aromatic heterocycles. The number of imidazole rings is 1. The Bertz CT molecular complexity index is 906. The minimum Gasteiger partial charge on any atom is -0.370 e. The van der Waals surface area contributed by atoms with Crippen LogP contribution >= 0.6 is 0 Å². The first kappa shape index (κ1) is 18.0. The summed E-state index contributed by atoms with van der Waals surface area (Å²) in [5.74, 6) is -0.565. The van der Waals surface area contributed by atoms with E-state index in [2.05, 4.69) is 16.0 Å². The number of fused-ring (bicyclic) bond motifs is 1. The molecule has 0 saturated carbocycles. The van der Waals surface area contributed by atoms with Crippen molar-refractivity contribution in [1.29, 1.82) is 5.26 Å². The molecule has 6 nitrogen and oxygen atoms in total. The number of ether oxygens (including phenoxy) is 1. The first-order valence-corrected chi connectivity index (χ1v) is 9.06. The van der Waals surface area contributed by atoms with E-state index in [-0.39, 0.29) is 11.6 Å². The third-order valence-corrected chi connectivity index (χ3v) is 5.46. The van der Waals surface area contributed by atoms with Gasteiger partial charge in [-0.1, -0.05) is 0 Å². The monoisotopic (exact) mass is 373 g/mol. The Balaban J connectivity index is 1.47. The van der Waals surface area contributed by atoms with E-state index in [9.17, 15) is 14.0 Å². The summed E-state index contributed by atoms with van der Waals surface area (Å²) in [6, 6.07) is 5.11. The summed E-state index contributed by atoms with van der Waals surface area (Å²) in [4.78, 5) is 6.65. The van der Waals surface area contributed by atoms with E-state index in [1.165, 1.54) is 0 Å². The number of aromatic nitrogens is 2. The Morgan fingerprint density at radius 1 is 1.37 bits per heavy atom. The fourth-order valence-corrected chi connectivity index (χ4v) is 4.12. The van der Waals surface area contributed by atoms with Crippen LogP contribution in [0.2, 0.25) is 0 Å². The van der Waals surface area contributed by atoms with Crippen LogP contribution in [0.4, 0.5) is 8.78 Å². The second-order valence-electron chi connectivity index (χ2n) is 7.06. The maximum absolute atomic E-state index is 14.1. The van der Waals surface area contributed by atoms with Crippen molar-refractivity contribution in [3.63, 3.8) is 0 Å². The van der Waals surface area contributed by atoms with E-state index in [0.29, 0.717) is 38.5 Å². The number of nitrogens with zero attached hydrogens (tertiary/aromatic N) is 4. The molecule has 2 N–H and O–H groups in total. The highest BCUT2D eigenvalue weighted by atomic mass is 19.1. The number of hydrogen-bond donors (Lipinski definition) is 1. The number of nitrogens with two attached hydrogens (primary N) is 1. The van der Waals surface area contributed by atoms with Gasteiger partial charge < -0.3 is 15.0 Å². The van der Waals surface area contributed by atoms with E-state index < -0.39 is 23.8 Å². The Hall–Kier alpha value is -2.34. The summed E-state index contributed by atoms with van der Waals surface area (Å²) in [6.07, 6.45) is -0.0445. The normalized spacial score (nSPS) is 25.4. The molecule has 2 aliphatic rings. The molecule has 0 aliphatic carbocycles. The third kappa shape index (κ3) is 3.12. The van der Waals surface area contributed by atoms with E-state index in [4.69, 9.17) is 10.5 Å². The first-order chi connectivity index (χ1) is 13.0. The predicted molar refractivity (Wildman–Crippen MR) is 93.3 cm³/mol. The number of benzene rings is 1. The number of nitriles is 1. The van der Waals surface area contributed by atoms with Crippen molar-refractivity contribution in [2.75, 3.05) is 6.61 Å². The number of rotatable bonds is 3. The molecule has 0 unspecified atom stereocenters. The van der Waals surface area contributed by atoms with Crippen molar-refractivity contribution in [1.82, 2.24) is 14.5 Å². The molecule has 0 spiro atoms. The molecule has 4 rings (SSSR count). The van der Waals surface area contributed by atoms with Crippen LogP contribution in [0.1, 0.15) is 42.2 Å². The van der Waals surface area contributed by atoms with Crippen LogP contribution in [0, 0.1) is 23.0 Å². The Morgan fingerprint density at radius 3 is 2.89 bits per heavy atom. The number of hydrogen-bond acceptors (Lipinski definition) is 5.